The molecule has 3 unspecified atom stereocenters. The molecule has 3 rings (SSSR count). The van der Waals surface area contributed by atoms with Crippen LogP contribution in [-0.2, 0) is 4.79 Å². The zero-order valence-corrected chi connectivity index (χ0v) is 10.6. The first-order valence-electron chi connectivity index (χ1n) is 6.70. The molecule has 4 heteroatoms. The molecule has 1 saturated heterocycles. The quantitative estimate of drug-likeness (QED) is 0.881. The standard InChI is InChI=1S/C15H16N2O2/c16-8-10-4-6-12(7-5-10)17-9-11-2-1-3-13(11)14(17)15(18)19/h4-7,11,13-14H,1-3,9H2,(H,18,19). The van der Waals surface area contributed by atoms with Crippen molar-refractivity contribution in [1.82, 2.24) is 0 Å². The van der Waals surface area contributed by atoms with Gasteiger partial charge in [0.15, 0.2) is 0 Å². The summed E-state index contributed by atoms with van der Waals surface area (Å²) in [6.07, 6.45) is 3.32. The van der Waals surface area contributed by atoms with Gasteiger partial charge in [0, 0.05) is 12.2 Å². The molecule has 1 aromatic rings. The average Bonchev–Trinajstić information content (AvgIpc) is 2.98. The van der Waals surface area contributed by atoms with Crippen molar-refractivity contribution in [1.29, 1.82) is 5.26 Å². The Labute approximate surface area is 112 Å². The fourth-order valence-corrected chi connectivity index (χ4v) is 3.62. The van der Waals surface area contributed by atoms with Gasteiger partial charge in [0.1, 0.15) is 6.04 Å². The number of hydrogen-bond acceptors (Lipinski definition) is 3. The number of anilines is 1. The van der Waals surface area contributed by atoms with Gasteiger partial charge in [-0.25, -0.2) is 4.79 Å². The van der Waals surface area contributed by atoms with E-state index in [1.54, 1.807) is 12.1 Å². The molecule has 0 aromatic heterocycles. The maximum Gasteiger partial charge on any atom is 0.326 e. The Bertz CT molecular complexity index is 532. The van der Waals surface area contributed by atoms with Crippen LogP contribution in [-0.4, -0.2) is 23.7 Å². The molecule has 1 aromatic carbocycles. The zero-order valence-electron chi connectivity index (χ0n) is 10.6. The molecule has 0 spiro atoms. The third-order valence-electron chi connectivity index (χ3n) is 4.47. The van der Waals surface area contributed by atoms with Gasteiger partial charge in [-0.3, -0.25) is 0 Å². The van der Waals surface area contributed by atoms with E-state index in [4.69, 9.17) is 5.26 Å². The van der Waals surface area contributed by atoms with Crippen LogP contribution < -0.4 is 4.90 Å². The second-order valence-electron chi connectivity index (χ2n) is 5.45. The van der Waals surface area contributed by atoms with Crippen molar-refractivity contribution >= 4 is 11.7 Å². The monoisotopic (exact) mass is 256 g/mol. The van der Waals surface area contributed by atoms with Gasteiger partial charge in [0.05, 0.1) is 11.6 Å². The van der Waals surface area contributed by atoms with Gasteiger partial charge < -0.3 is 10.0 Å². The van der Waals surface area contributed by atoms with Crippen LogP contribution in [0.3, 0.4) is 0 Å². The molecule has 1 saturated carbocycles. The predicted octanol–water partition coefficient (Wildman–Crippen LogP) is 2.25. The summed E-state index contributed by atoms with van der Waals surface area (Å²) in [5.74, 6) is 0.0728. The molecular weight excluding hydrogens is 240 g/mol. The highest BCUT2D eigenvalue weighted by Crippen LogP contribution is 2.43. The Hall–Kier alpha value is -2.02. The molecule has 2 aliphatic rings. The molecule has 3 atom stereocenters. The van der Waals surface area contributed by atoms with Gasteiger partial charge in [-0.1, -0.05) is 6.42 Å². The lowest BCUT2D eigenvalue weighted by Crippen LogP contribution is -2.39. The fraction of sp³-hybridized carbons (Fsp3) is 0.467. The van der Waals surface area contributed by atoms with Crippen LogP contribution in [0.5, 0.6) is 0 Å². The van der Waals surface area contributed by atoms with Crippen molar-refractivity contribution in [2.75, 3.05) is 11.4 Å². The van der Waals surface area contributed by atoms with Gasteiger partial charge in [-0.15, -0.1) is 0 Å². The molecule has 2 fully saturated rings. The van der Waals surface area contributed by atoms with Gasteiger partial charge in [0.2, 0.25) is 0 Å². The molecule has 4 nitrogen and oxygen atoms in total. The van der Waals surface area contributed by atoms with Crippen LogP contribution in [0.25, 0.3) is 0 Å². The summed E-state index contributed by atoms with van der Waals surface area (Å²) in [5, 5.41) is 18.3. The lowest BCUT2D eigenvalue weighted by Gasteiger charge is -2.26. The molecular formula is C15H16N2O2. The van der Waals surface area contributed by atoms with E-state index in [-0.39, 0.29) is 5.92 Å². The Balaban J connectivity index is 1.90. The number of aliphatic carboxylic acids is 1. The van der Waals surface area contributed by atoms with Crippen LogP contribution in [0.1, 0.15) is 24.8 Å². The highest BCUT2D eigenvalue weighted by atomic mass is 16.4. The maximum absolute atomic E-state index is 11.6. The first kappa shape index (κ1) is 12.0. The van der Waals surface area contributed by atoms with Gasteiger partial charge in [-0.2, -0.15) is 5.26 Å². The number of carboxylic acids is 1. The Morgan fingerprint density at radius 3 is 2.68 bits per heavy atom. The number of carbonyl (C=O) groups is 1. The Morgan fingerprint density at radius 1 is 1.32 bits per heavy atom. The van der Waals surface area contributed by atoms with Gasteiger partial charge >= 0.3 is 5.97 Å². The van der Waals surface area contributed by atoms with E-state index in [0.717, 1.165) is 31.5 Å². The Morgan fingerprint density at radius 2 is 2.05 bits per heavy atom. The van der Waals surface area contributed by atoms with Crippen molar-refractivity contribution < 1.29 is 9.90 Å². The largest absolute Gasteiger partial charge is 0.480 e. The SMILES string of the molecule is N#Cc1ccc(N2CC3CCCC3C2C(=O)O)cc1. The number of nitrogens with zero attached hydrogens (tertiary/aromatic N) is 2. The second kappa shape index (κ2) is 4.58. The van der Waals surface area contributed by atoms with Crippen molar-refractivity contribution in [3.05, 3.63) is 29.8 Å². The fourth-order valence-electron chi connectivity index (χ4n) is 3.62. The maximum atomic E-state index is 11.6. The first-order chi connectivity index (χ1) is 9.20. The van der Waals surface area contributed by atoms with Gasteiger partial charge in [-0.05, 0) is 48.9 Å². The smallest absolute Gasteiger partial charge is 0.326 e. The van der Waals surface area contributed by atoms with E-state index in [9.17, 15) is 9.90 Å². The topological polar surface area (TPSA) is 64.3 Å². The summed E-state index contributed by atoms with van der Waals surface area (Å²) < 4.78 is 0. The number of rotatable bonds is 2. The molecule has 19 heavy (non-hydrogen) atoms. The summed E-state index contributed by atoms with van der Waals surface area (Å²) >= 11 is 0. The second-order valence-corrected chi connectivity index (χ2v) is 5.45. The van der Waals surface area contributed by atoms with Crippen LogP contribution in [0.15, 0.2) is 24.3 Å². The minimum atomic E-state index is -0.723. The summed E-state index contributed by atoms with van der Waals surface area (Å²) in [4.78, 5) is 13.6. The first-order valence-corrected chi connectivity index (χ1v) is 6.70. The van der Waals surface area contributed by atoms with Crippen LogP contribution >= 0.6 is 0 Å². The lowest BCUT2D eigenvalue weighted by molar-refractivity contribution is -0.139. The third kappa shape index (κ3) is 1.95. The molecule has 1 aliphatic carbocycles. The van der Waals surface area contributed by atoms with Crippen LogP contribution in [0.4, 0.5) is 5.69 Å². The van der Waals surface area contributed by atoms with Crippen molar-refractivity contribution in [3.63, 3.8) is 0 Å². The number of carboxylic acid groups (broad SMARTS) is 1. The molecule has 1 aliphatic heterocycles. The van der Waals surface area contributed by atoms with E-state index in [2.05, 4.69) is 6.07 Å². The molecule has 0 radical (unpaired) electrons. The summed E-state index contributed by atoms with van der Waals surface area (Å²) in [6.45, 7) is 0.827. The molecule has 1 N–H and O–H groups in total. The highest BCUT2D eigenvalue weighted by molar-refractivity contribution is 5.80. The minimum Gasteiger partial charge on any atom is -0.480 e. The minimum absolute atomic E-state index is 0.285. The molecule has 98 valence electrons. The summed E-state index contributed by atoms with van der Waals surface area (Å²) in [7, 11) is 0. The normalized spacial score (nSPS) is 29.0. The van der Waals surface area contributed by atoms with Gasteiger partial charge in [0.25, 0.3) is 0 Å². The summed E-state index contributed by atoms with van der Waals surface area (Å²) in [6, 6.07) is 8.90. The van der Waals surface area contributed by atoms with E-state index in [0.29, 0.717) is 11.5 Å². The van der Waals surface area contributed by atoms with E-state index < -0.39 is 12.0 Å². The average molecular weight is 256 g/mol. The van der Waals surface area contributed by atoms with E-state index >= 15 is 0 Å². The van der Waals surface area contributed by atoms with E-state index in [1.165, 1.54) is 0 Å². The molecule has 1 heterocycles. The number of hydrogen-bond donors (Lipinski definition) is 1. The number of fused-ring (bicyclic) bond motifs is 1. The molecule has 0 amide bonds. The highest BCUT2D eigenvalue weighted by Gasteiger charge is 2.47. The molecule has 0 bridgehead atoms. The lowest BCUT2D eigenvalue weighted by atomic mass is 9.94. The third-order valence-corrected chi connectivity index (χ3v) is 4.47. The van der Waals surface area contributed by atoms with E-state index in [1.807, 2.05) is 17.0 Å². The van der Waals surface area contributed by atoms with Crippen molar-refractivity contribution in [2.24, 2.45) is 11.8 Å². The predicted molar refractivity (Wildman–Crippen MR) is 70.8 cm³/mol. The van der Waals surface area contributed by atoms with Crippen LogP contribution in [0.2, 0.25) is 0 Å². The van der Waals surface area contributed by atoms with Crippen molar-refractivity contribution in [3.8, 4) is 6.07 Å². The zero-order chi connectivity index (χ0) is 13.4. The number of benzene rings is 1. The Kier molecular flexibility index (Phi) is 2.90. The van der Waals surface area contributed by atoms with Crippen molar-refractivity contribution in [2.45, 2.75) is 25.3 Å². The van der Waals surface area contributed by atoms with Crippen LogP contribution in [0, 0.1) is 23.2 Å². The number of nitriles is 1. The summed E-state index contributed by atoms with van der Waals surface area (Å²) in [5.41, 5.74) is 1.52.